The van der Waals surface area contributed by atoms with Crippen LogP contribution in [0.3, 0.4) is 0 Å². The largest absolute Gasteiger partial charge is 0.461 e. The van der Waals surface area contributed by atoms with Crippen molar-refractivity contribution in [3.05, 3.63) is 48.7 Å². The molecular formula is C27H36N5O8P. The molecule has 1 saturated heterocycles. The van der Waals surface area contributed by atoms with Crippen LogP contribution in [0.4, 0.5) is 0 Å². The topological polar surface area (TPSA) is 167 Å². The molecule has 222 valence electrons. The molecule has 5 rings (SSSR count). The predicted molar refractivity (Wildman–Crippen MR) is 147 cm³/mol. The normalized spacial score (nSPS) is 26.4. The third kappa shape index (κ3) is 6.61. The third-order valence-electron chi connectivity index (χ3n) is 7.37. The van der Waals surface area contributed by atoms with Crippen LogP contribution in [0.15, 0.2) is 43.0 Å². The molecule has 14 heteroatoms. The number of aliphatic hydroxyl groups excluding tert-OH is 2. The Balaban J connectivity index is 1.32. The van der Waals surface area contributed by atoms with Gasteiger partial charge in [-0.25, -0.2) is 19.5 Å². The number of nitrogens with one attached hydrogen (secondary N) is 1. The summed E-state index contributed by atoms with van der Waals surface area (Å²) in [6, 6.07) is 7.36. The molecule has 1 unspecified atom stereocenters. The Labute approximate surface area is 237 Å². The first-order valence-electron chi connectivity index (χ1n) is 13.8. The van der Waals surface area contributed by atoms with E-state index in [1.54, 1.807) is 37.3 Å². The molecule has 1 saturated carbocycles. The van der Waals surface area contributed by atoms with E-state index < -0.39 is 50.4 Å². The Kier molecular flexibility index (Phi) is 9.03. The summed E-state index contributed by atoms with van der Waals surface area (Å²) in [6.07, 6.45) is 1.34. The number of benzene rings is 1. The molecule has 2 aliphatic rings. The molecule has 41 heavy (non-hydrogen) atoms. The van der Waals surface area contributed by atoms with Crippen LogP contribution in [-0.2, 0) is 23.4 Å². The van der Waals surface area contributed by atoms with Crippen LogP contribution in [-0.4, -0.2) is 72.3 Å². The number of carbonyl (C=O) groups excluding carboxylic acids is 1. The average Bonchev–Trinajstić information content (AvgIpc) is 3.51. The highest BCUT2D eigenvalue weighted by Crippen LogP contribution is 2.48. The summed E-state index contributed by atoms with van der Waals surface area (Å²) < 4.78 is 38.9. The molecule has 1 aromatic carbocycles. The van der Waals surface area contributed by atoms with Gasteiger partial charge in [-0.05, 0) is 58.6 Å². The van der Waals surface area contributed by atoms with E-state index in [2.05, 4.69) is 20.0 Å². The van der Waals surface area contributed by atoms with Crippen LogP contribution in [0.2, 0.25) is 0 Å². The SMILES string of the molecule is Cc1ncnc2c1ncn2[C@@H]1O[C@H]([C@H](C)OP(=O)(N[C@@H](C)C(=O)OC2CCCCC2)Oc2ccccc2)[C@@H](O)[C@H]1O. The van der Waals surface area contributed by atoms with Gasteiger partial charge in [0, 0.05) is 0 Å². The minimum Gasteiger partial charge on any atom is -0.461 e. The van der Waals surface area contributed by atoms with E-state index in [0.717, 1.165) is 32.1 Å². The number of aryl methyl sites for hydroxylation is 1. The predicted octanol–water partition coefficient (Wildman–Crippen LogP) is 3.20. The lowest BCUT2D eigenvalue weighted by Gasteiger charge is -2.29. The zero-order chi connectivity index (χ0) is 29.1. The molecule has 0 radical (unpaired) electrons. The first-order chi connectivity index (χ1) is 19.6. The standard InChI is InChI=1S/C27H36N5O8P/c1-16-21-25(29-14-28-16)32(15-30-21)26-23(34)22(33)24(38-26)18(3)39-41(36,40-20-12-8-5-9-13-20)31-17(2)27(35)37-19-10-6-4-7-11-19/h5,8-9,12-15,17-19,22-24,26,33-34H,4,6-7,10-11H2,1-3H3,(H,31,36)/t17-,18-,22-,23+,24+,26+,41?/m0/s1. The summed E-state index contributed by atoms with van der Waals surface area (Å²) in [7, 11) is -4.25. The monoisotopic (exact) mass is 589 g/mol. The van der Waals surface area contributed by atoms with Gasteiger partial charge < -0.3 is 24.2 Å². The van der Waals surface area contributed by atoms with Crippen LogP contribution >= 0.6 is 7.75 Å². The van der Waals surface area contributed by atoms with Crippen molar-refractivity contribution in [3.63, 3.8) is 0 Å². The van der Waals surface area contributed by atoms with E-state index >= 15 is 0 Å². The van der Waals surface area contributed by atoms with Gasteiger partial charge in [0.2, 0.25) is 0 Å². The number of aliphatic hydroxyl groups is 2. The highest BCUT2D eigenvalue weighted by molar-refractivity contribution is 7.52. The van der Waals surface area contributed by atoms with Crippen molar-refractivity contribution in [3.8, 4) is 5.75 Å². The quantitative estimate of drug-likeness (QED) is 0.234. The number of carbonyl (C=O) groups is 1. The number of hydrogen-bond donors (Lipinski definition) is 3. The van der Waals surface area contributed by atoms with Crippen molar-refractivity contribution < 1.29 is 38.1 Å². The number of aromatic nitrogens is 4. The van der Waals surface area contributed by atoms with Gasteiger partial charge in [0.15, 0.2) is 11.9 Å². The Morgan fingerprint density at radius 2 is 1.83 bits per heavy atom. The molecule has 3 aromatic rings. The summed E-state index contributed by atoms with van der Waals surface area (Å²) >= 11 is 0. The van der Waals surface area contributed by atoms with Gasteiger partial charge in [0.1, 0.15) is 48.1 Å². The second-order valence-electron chi connectivity index (χ2n) is 10.5. The van der Waals surface area contributed by atoms with Crippen LogP contribution in [0.25, 0.3) is 11.2 Å². The molecule has 1 aliphatic carbocycles. The van der Waals surface area contributed by atoms with Crippen molar-refractivity contribution in [1.29, 1.82) is 0 Å². The number of fused-ring (bicyclic) bond motifs is 1. The van der Waals surface area contributed by atoms with E-state index in [9.17, 15) is 19.6 Å². The van der Waals surface area contributed by atoms with Gasteiger partial charge >= 0.3 is 13.7 Å². The average molecular weight is 590 g/mol. The van der Waals surface area contributed by atoms with Gasteiger partial charge in [-0.15, -0.1) is 0 Å². The number of hydrogen-bond acceptors (Lipinski definition) is 11. The molecule has 1 aliphatic heterocycles. The molecule has 0 amide bonds. The van der Waals surface area contributed by atoms with Crippen molar-refractivity contribution in [2.24, 2.45) is 0 Å². The van der Waals surface area contributed by atoms with Crippen molar-refractivity contribution in [2.75, 3.05) is 0 Å². The number of ether oxygens (including phenoxy) is 2. The second kappa shape index (κ2) is 12.5. The Morgan fingerprint density at radius 3 is 2.56 bits per heavy atom. The fourth-order valence-corrected chi connectivity index (χ4v) is 6.87. The third-order valence-corrected chi connectivity index (χ3v) is 9.13. The van der Waals surface area contributed by atoms with E-state index in [1.807, 2.05) is 0 Å². The van der Waals surface area contributed by atoms with Gasteiger partial charge in [0.25, 0.3) is 0 Å². The van der Waals surface area contributed by atoms with Gasteiger partial charge in [-0.2, -0.15) is 5.09 Å². The zero-order valence-corrected chi connectivity index (χ0v) is 24.1. The van der Waals surface area contributed by atoms with E-state index in [-0.39, 0.29) is 11.9 Å². The molecule has 3 N–H and O–H groups in total. The maximum absolute atomic E-state index is 14.1. The molecular weight excluding hydrogens is 553 g/mol. The second-order valence-corrected chi connectivity index (χ2v) is 12.2. The van der Waals surface area contributed by atoms with Crippen LogP contribution in [0.1, 0.15) is 57.9 Å². The Hall–Kier alpha value is -2.93. The van der Waals surface area contributed by atoms with Crippen molar-refractivity contribution >= 4 is 24.9 Å². The van der Waals surface area contributed by atoms with Crippen LogP contribution in [0.5, 0.6) is 5.75 Å². The van der Waals surface area contributed by atoms with Crippen molar-refractivity contribution in [2.45, 2.75) is 95.7 Å². The summed E-state index contributed by atoms with van der Waals surface area (Å²) in [4.78, 5) is 25.5. The van der Waals surface area contributed by atoms with E-state index in [4.69, 9.17) is 18.5 Å². The molecule has 2 aromatic heterocycles. The molecule has 0 spiro atoms. The molecule has 0 bridgehead atoms. The zero-order valence-electron chi connectivity index (χ0n) is 23.2. The lowest BCUT2D eigenvalue weighted by molar-refractivity contribution is -0.152. The number of para-hydroxylation sites is 1. The lowest BCUT2D eigenvalue weighted by atomic mass is 9.98. The maximum atomic E-state index is 14.1. The van der Waals surface area contributed by atoms with E-state index in [0.29, 0.717) is 16.9 Å². The minimum atomic E-state index is -4.25. The Bertz CT molecular complexity index is 1380. The van der Waals surface area contributed by atoms with Crippen molar-refractivity contribution in [1.82, 2.24) is 24.6 Å². The molecule has 3 heterocycles. The first-order valence-corrected chi connectivity index (χ1v) is 15.4. The minimum absolute atomic E-state index is 0.177. The number of nitrogens with zero attached hydrogens (tertiary/aromatic N) is 4. The number of esters is 1. The summed E-state index contributed by atoms with van der Waals surface area (Å²) in [5.74, 6) is -0.323. The Morgan fingerprint density at radius 1 is 1.10 bits per heavy atom. The summed E-state index contributed by atoms with van der Waals surface area (Å²) in [5, 5.41) is 24.5. The first kappa shape index (κ1) is 29.6. The molecule has 13 nitrogen and oxygen atoms in total. The summed E-state index contributed by atoms with van der Waals surface area (Å²) in [6.45, 7) is 4.84. The smallest absolute Gasteiger partial charge is 0.459 e. The number of rotatable bonds is 10. The highest BCUT2D eigenvalue weighted by atomic mass is 31.2. The molecule has 7 atom stereocenters. The fraction of sp³-hybridized carbons (Fsp3) is 0.556. The van der Waals surface area contributed by atoms with Gasteiger partial charge in [0.05, 0.1) is 18.1 Å². The summed E-state index contributed by atoms with van der Waals surface area (Å²) in [5.41, 5.74) is 1.61. The maximum Gasteiger partial charge on any atom is 0.459 e. The van der Waals surface area contributed by atoms with E-state index in [1.165, 1.54) is 31.1 Å². The highest BCUT2D eigenvalue weighted by Gasteiger charge is 2.49. The fourth-order valence-electron chi connectivity index (χ4n) is 5.18. The lowest BCUT2D eigenvalue weighted by Crippen LogP contribution is -2.41. The van der Waals surface area contributed by atoms with Gasteiger partial charge in [-0.1, -0.05) is 24.6 Å². The van der Waals surface area contributed by atoms with Crippen LogP contribution < -0.4 is 9.61 Å². The number of imidazole rings is 1. The molecule has 2 fully saturated rings. The van der Waals surface area contributed by atoms with Gasteiger partial charge in [-0.3, -0.25) is 13.9 Å². The van der Waals surface area contributed by atoms with Crippen LogP contribution in [0, 0.1) is 6.92 Å².